The van der Waals surface area contributed by atoms with Gasteiger partial charge in [0.2, 0.25) is 0 Å². The van der Waals surface area contributed by atoms with Crippen molar-refractivity contribution in [2.45, 2.75) is 42.2 Å². The van der Waals surface area contributed by atoms with Gasteiger partial charge in [-0.2, -0.15) is 0 Å². The normalized spacial score (nSPS) is 18.4. The van der Waals surface area contributed by atoms with Crippen molar-refractivity contribution in [3.05, 3.63) is 29.8 Å². The van der Waals surface area contributed by atoms with Crippen molar-refractivity contribution in [3.63, 3.8) is 0 Å². The third-order valence-electron chi connectivity index (χ3n) is 3.86. The monoisotopic (exact) mass is 318 g/mol. The van der Waals surface area contributed by atoms with Crippen LogP contribution in [0.25, 0.3) is 0 Å². The number of carboxylic acid groups (broad SMARTS) is 1. The lowest BCUT2D eigenvalue weighted by molar-refractivity contribution is -0.137. The number of halogens is 2. The van der Waals surface area contributed by atoms with Crippen LogP contribution >= 0.6 is 0 Å². The SMILES string of the molecule is O=C(O)C(C1CCCCC1)S(=O)(=O)c1cc(F)ccc1F. The van der Waals surface area contributed by atoms with Crippen LogP contribution in [-0.2, 0) is 14.6 Å². The summed E-state index contributed by atoms with van der Waals surface area (Å²) in [7, 11) is -4.47. The van der Waals surface area contributed by atoms with E-state index in [4.69, 9.17) is 0 Å². The number of aliphatic carboxylic acids is 1. The van der Waals surface area contributed by atoms with E-state index in [0.29, 0.717) is 25.0 Å². The first kappa shape index (κ1) is 15.9. The van der Waals surface area contributed by atoms with Crippen molar-refractivity contribution >= 4 is 15.8 Å². The van der Waals surface area contributed by atoms with Gasteiger partial charge < -0.3 is 5.11 Å². The zero-order valence-corrected chi connectivity index (χ0v) is 12.1. The maximum atomic E-state index is 13.7. The maximum Gasteiger partial charge on any atom is 0.322 e. The molecule has 1 unspecified atom stereocenters. The Morgan fingerprint density at radius 1 is 1.19 bits per heavy atom. The van der Waals surface area contributed by atoms with Crippen LogP contribution in [0.3, 0.4) is 0 Å². The molecule has 0 spiro atoms. The van der Waals surface area contributed by atoms with Gasteiger partial charge in [-0.1, -0.05) is 19.3 Å². The summed E-state index contributed by atoms with van der Waals surface area (Å²) in [6.07, 6.45) is 3.35. The van der Waals surface area contributed by atoms with Gasteiger partial charge in [0.15, 0.2) is 15.1 Å². The maximum absolute atomic E-state index is 13.7. The minimum Gasteiger partial charge on any atom is -0.480 e. The molecule has 2 rings (SSSR count). The molecule has 1 aromatic rings. The topological polar surface area (TPSA) is 71.4 Å². The fourth-order valence-corrected chi connectivity index (χ4v) is 4.79. The minimum atomic E-state index is -4.47. The second-order valence-corrected chi connectivity index (χ2v) is 7.31. The average molecular weight is 318 g/mol. The molecule has 1 aromatic carbocycles. The van der Waals surface area contributed by atoms with Crippen molar-refractivity contribution in [1.82, 2.24) is 0 Å². The van der Waals surface area contributed by atoms with Gasteiger partial charge in [0.25, 0.3) is 0 Å². The summed E-state index contributed by atoms with van der Waals surface area (Å²) >= 11 is 0. The summed E-state index contributed by atoms with van der Waals surface area (Å²) in [5.41, 5.74) is 0. The van der Waals surface area contributed by atoms with E-state index in [1.165, 1.54) is 0 Å². The lowest BCUT2D eigenvalue weighted by atomic mass is 9.87. The molecule has 0 aliphatic heterocycles. The first-order chi connectivity index (χ1) is 9.84. The van der Waals surface area contributed by atoms with Crippen molar-refractivity contribution < 1.29 is 27.1 Å². The Morgan fingerprint density at radius 3 is 2.38 bits per heavy atom. The molecule has 1 N–H and O–H groups in total. The Balaban J connectivity index is 2.47. The fraction of sp³-hybridized carbons (Fsp3) is 0.500. The largest absolute Gasteiger partial charge is 0.480 e. The second-order valence-electron chi connectivity index (χ2n) is 5.28. The Bertz CT molecular complexity index is 636. The lowest BCUT2D eigenvalue weighted by Crippen LogP contribution is -2.38. The second kappa shape index (κ2) is 6.09. The first-order valence-electron chi connectivity index (χ1n) is 6.76. The minimum absolute atomic E-state index is 0.465. The van der Waals surface area contributed by atoms with Gasteiger partial charge in [0.05, 0.1) is 0 Å². The summed E-state index contributed by atoms with van der Waals surface area (Å²) in [6, 6.07) is 2.04. The molecule has 0 saturated heterocycles. The number of rotatable bonds is 4. The number of hydrogen-bond acceptors (Lipinski definition) is 3. The third kappa shape index (κ3) is 3.23. The molecule has 1 fully saturated rings. The van der Waals surface area contributed by atoms with Gasteiger partial charge in [-0.3, -0.25) is 4.79 Å². The van der Waals surface area contributed by atoms with E-state index in [0.717, 1.165) is 25.3 Å². The van der Waals surface area contributed by atoms with Crippen molar-refractivity contribution in [2.24, 2.45) is 5.92 Å². The van der Waals surface area contributed by atoms with Crippen LogP contribution in [0, 0.1) is 17.6 Å². The predicted molar refractivity (Wildman–Crippen MR) is 71.5 cm³/mol. The number of hydrogen-bond donors (Lipinski definition) is 1. The third-order valence-corrected chi connectivity index (χ3v) is 6.04. The van der Waals surface area contributed by atoms with Gasteiger partial charge in [0, 0.05) is 0 Å². The number of carboxylic acids is 1. The zero-order valence-electron chi connectivity index (χ0n) is 11.3. The summed E-state index contributed by atoms with van der Waals surface area (Å²) in [5, 5.41) is 7.56. The van der Waals surface area contributed by atoms with E-state index in [2.05, 4.69) is 0 Å². The van der Waals surface area contributed by atoms with E-state index in [1.54, 1.807) is 0 Å². The molecule has 1 saturated carbocycles. The van der Waals surface area contributed by atoms with E-state index in [1.807, 2.05) is 0 Å². The number of benzene rings is 1. The molecule has 116 valence electrons. The van der Waals surface area contributed by atoms with Crippen molar-refractivity contribution in [2.75, 3.05) is 0 Å². The highest BCUT2D eigenvalue weighted by molar-refractivity contribution is 7.92. The molecule has 0 amide bonds. The summed E-state index contributed by atoms with van der Waals surface area (Å²) in [6.45, 7) is 0. The summed E-state index contributed by atoms with van der Waals surface area (Å²) in [5.74, 6) is -4.12. The Hall–Kier alpha value is -1.50. The van der Waals surface area contributed by atoms with Gasteiger partial charge >= 0.3 is 5.97 Å². The van der Waals surface area contributed by atoms with Gasteiger partial charge in [-0.05, 0) is 37.0 Å². The van der Waals surface area contributed by atoms with Crippen LogP contribution in [-0.4, -0.2) is 24.7 Å². The standard InChI is InChI=1S/C14H16F2O4S/c15-10-6-7-11(16)12(8-10)21(19,20)13(14(17)18)9-4-2-1-3-5-9/h6-9,13H,1-5H2,(H,17,18). The number of carbonyl (C=O) groups is 1. The van der Waals surface area contributed by atoms with Crippen LogP contribution in [0.1, 0.15) is 32.1 Å². The molecular formula is C14H16F2O4S. The van der Waals surface area contributed by atoms with Crippen LogP contribution in [0.2, 0.25) is 0 Å². The first-order valence-corrected chi connectivity index (χ1v) is 8.30. The van der Waals surface area contributed by atoms with Gasteiger partial charge in [-0.15, -0.1) is 0 Å². The molecular weight excluding hydrogens is 302 g/mol. The molecule has 7 heteroatoms. The zero-order chi connectivity index (χ0) is 15.6. The highest BCUT2D eigenvalue weighted by atomic mass is 32.2. The van der Waals surface area contributed by atoms with Crippen LogP contribution in [0.15, 0.2) is 23.1 Å². The van der Waals surface area contributed by atoms with Crippen LogP contribution < -0.4 is 0 Å². The highest BCUT2D eigenvalue weighted by Gasteiger charge is 2.42. The molecule has 1 atom stereocenters. The van der Waals surface area contributed by atoms with Crippen molar-refractivity contribution in [1.29, 1.82) is 0 Å². The Morgan fingerprint density at radius 2 is 1.81 bits per heavy atom. The number of sulfone groups is 1. The summed E-state index contributed by atoms with van der Waals surface area (Å²) in [4.78, 5) is 10.5. The average Bonchev–Trinajstić information content (AvgIpc) is 2.42. The molecule has 21 heavy (non-hydrogen) atoms. The van der Waals surface area contributed by atoms with Gasteiger partial charge in [-0.25, -0.2) is 17.2 Å². The Labute approximate surface area is 121 Å². The predicted octanol–water partition coefficient (Wildman–Crippen LogP) is 2.77. The van der Waals surface area contributed by atoms with Crippen molar-refractivity contribution in [3.8, 4) is 0 Å². The quantitative estimate of drug-likeness (QED) is 0.926. The van der Waals surface area contributed by atoms with E-state index in [9.17, 15) is 27.1 Å². The highest BCUT2D eigenvalue weighted by Crippen LogP contribution is 2.33. The van der Waals surface area contributed by atoms with Crippen LogP contribution in [0.4, 0.5) is 8.78 Å². The lowest BCUT2D eigenvalue weighted by Gasteiger charge is -2.27. The molecule has 0 radical (unpaired) electrons. The fourth-order valence-electron chi connectivity index (χ4n) is 2.86. The summed E-state index contributed by atoms with van der Waals surface area (Å²) < 4.78 is 51.8. The van der Waals surface area contributed by atoms with E-state index in [-0.39, 0.29) is 0 Å². The Kier molecular flexibility index (Phi) is 4.61. The molecule has 0 bridgehead atoms. The van der Waals surface area contributed by atoms with E-state index >= 15 is 0 Å². The molecule has 0 aromatic heterocycles. The molecule has 4 nitrogen and oxygen atoms in total. The van der Waals surface area contributed by atoms with Gasteiger partial charge in [0.1, 0.15) is 16.5 Å². The smallest absolute Gasteiger partial charge is 0.322 e. The molecule has 1 aliphatic rings. The van der Waals surface area contributed by atoms with E-state index < -0.39 is 43.5 Å². The van der Waals surface area contributed by atoms with Crippen LogP contribution in [0.5, 0.6) is 0 Å². The molecule has 1 aliphatic carbocycles. The molecule has 0 heterocycles.